The molecule has 1 aromatic heterocycles. The van der Waals surface area contributed by atoms with E-state index >= 15 is 0 Å². The highest BCUT2D eigenvalue weighted by Gasteiger charge is 2.35. The average molecular weight is 265 g/mol. The third kappa shape index (κ3) is 2.21. The highest BCUT2D eigenvalue weighted by atomic mass is 32.2. The van der Waals surface area contributed by atoms with Crippen LogP contribution in [0.3, 0.4) is 0 Å². The lowest BCUT2D eigenvalue weighted by molar-refractivity contribution is 0.0771. The fraction of sp³-hybridized carbons (Fsp3) is 0.692. The topological polar surface area (TPSA) is 47.0 Å². The standard InChI is InChI=1S/C13H19N3OS/c1-3-14-12-9-6-18-7-10(9)15-13(16-12)11(17-2)8-4-5-8/h8,11H,3-7H2,1-2H3,(H,14,15,16). The zero-order valence-corrected chi connectivity index (χ0v) is 11.7. The molecule has 1 aliphatic carbocycles. The van der Waals surface area contributed by atoms with Crippen LogP contribution in [0.2, 0.25) is 0 Å². The number of anilines is 1. The first-order valence-corrected chi connectivity index (χ1v) is 7.73. The van der Waals surface area contributed by atoms with Crippen molar-refractivity contribution in [2.75, 3.05) is 19.0 Å². The highest BCUT2D eigenvalue weighted by molar-refractivity contribution is 7.98. The number of rotatable bonds is 5. The molecule has 1 fully saturated rings. The average Bonchev–Trinajstić information content (AvgIpc) is 3.08. The molecule has 0 spiro atoms. The van der Waals surface area contributed by atoms with Crippen molar-refractivity contribution in [1.82, 2.24) is 9.97 Å². The van der Waals surface area contributed by atoms with E-state index in [1.807, 2.05) is 11.8 Å². The number of thioether (sulfide) groups is 1. The lowest BCUT2D eigenvalue weighted by Gasteiger charge is -2.16. The van der Waals surface area contributed by atoms with Gasteiger partial charge in [-0.15, -0.1) is 0 Å². The minimum absolute atomic E-state index is 0.0818. The number of fused-ring (bicyclic) bond motifs is 1. The number of ether oxygens (including phenoxy) is 1. The molecule has 1 saturated carbocycles. The van der Waals surface area contributed by atoms with Gasteiger partial charge in [-0.25, -0.2) is 9.97 Å². The van der Waals surface area contributed by atoms with Gasteiger partial charge in [-0.2, -0.15) is 11.8 Å². The Morgan fingerprint density at radius 2 is 2.22 bits per heavy atom. The second-order valence-corrected chi connectivity index (χ2v) is 5.86. The van der Waals surface area contributed by atoms with E-state index in [-0.39, 0.29) is 6.10 Å². The van der Waals surface area contributed by atoms with Crippen molar-refractivity contribution >= 4 is 17.6 Å². The predicted molar refractivity (Wildman–Crippen MR) is 73.7 cm³/mol. The maximum atomic E-state index is 5.59. The van der Waals surface area contributed by atoms with Gasteiger partial charge in [0, 0.05) is 30.7 Å². The Hall–Kier alpha value is -0.810. The first-order valence-electron chi connectivity index (χ1n) is 6.57. The van der Waals surface area contributed by atoms with E-state index in [1.165, 1.54) is 24.1 Å². The Morgan fingerprint density at radius 3 is 2.89 bits per heavy atom. The molecule has 0 radical (unpaired) electrons. The normalized spacial score (nSPS) is 19.7. The summed E-state index contributed by atoms with van der Waals surface area (Å²) >= 11 is 1.91. The summed E-state index contributed by atoms with van der Waals surface area (Å²) in [6.45, 7) is 3.00. The van der Waals surface area contributed by atoms with Crippen LogP contribution >= 0.6 is 11.8 Å². The van der Waals surface area contributed by atoms with Crippen LogP contribution < -0.4 is 5.32 Å². The van der Waals surface area contributed by atoms with E-state index in [1.54, 1.807) is 7.11 Å². The summed E-state index contributed by atoms with van der Waals surface area (Å²) in [5.74, 6) is 4.54. The van der Waals surface area contributed by atoms with E-state index in [0.29, 0.717) is 5.92 Å². The number of nitrogens with zero attached hydrogens (tertiary/aromatic N) is 2. The molecule has 1 unspecified atom stereocenters. The summed E-state index contributed by atoms with van der Waals surface area (Å²) in [7, 11) is 1.77. The molecule has 0 saturated heterocycles. The number of methoxy groups -OCH3 is 1. The van der Waals surface area contributed by atoms with Gasteiger partial charge in [0.1, 0.15) is 11.9 Å². The van der Waals surface area contributed by atoms with Crippen LogP contribution in [0.4, 0.5) is 5.82 Å². The van der Waals surface area contributed by atoms with Crippen molar-refractivity contribution in [1.29, 1.82) is 0 Å². The quantitative estimate of drug-likeness (QED) is 0.887. The van der Waals surface area contributed by atoms with Gasteiger partial charge < -0.3 is 10.1 Å². The molecule has 4 nitrogen and oxygen atoms in total. The van der Waals surface area contributed by atoms with Crippen LogP contribution in [0.15, 0.2) is 0 Å². The third-order valence-electron chi connectivity index (χ3n) is 3.50. The monoisotopic (exact) mass is 265 g/mol. The van der Waals surface area contributed by atoms with Crippen LogP contribution in [0.25, 0.3) is 0 Å². The van der Waals surface area contributed by atoms with Gasteiger partial charge in [-0.05, 0) is 25.7 Å². The minimum atomic E-state index is 0.0818. The Bertz CT molecular complexity index is 448. The molecule has 0 bridgehead atoms. The van der Waals surface area contributed by atoms with Gasteiger partial charge in [0.25, 0.3) is 0 Å². The molecular weight excluding hydrogens is 246 g/mol. The number of aromatic nitrogens is 2. The lowest BCUT2D eigenvalue weighted by atomic mass is 10.2. The zero-order valence-electron chi connectivity index (χ0n) is 10.9. The van der Waals surface area contributed by atoms with Crippen molar-refractivity contribution in [2.45, 2.75) is 37.4 Å². The zero-order chi connectivity index (χ0) is 12.5. The smallest absolute Gasteiger partial charge is 0.160 e. The van der Waals surface area contributed by atoms with Crippen molar-refractivity contribution < 1.29 is 4.74 Å². The maximum Gasteiger partial charge on any atom is 0.160 e. The van der Waals surface area contributed by atoms with Crippen molar-refractivity contribution in [2.24, 2.45) is 5.92 Å². The Kier molecular flexibility index (Phi) is 3.43. The molecular formula is C13H19N3OS. The largest absolute Gasteiger partial charge is 0.373 e. The summed E-state index contributed by atoms with van der Waals surface area (Å²) in [4.78, 5) is 9.44. The molecule has 3 rings (SSSR count). The summed E-state index contributed by atoms with van der Waals surface area (Å²) in [5, 5.41) is 3.37. The number of nitrogens with one attached hydrogen (secondary N) is 1. The van der Waals surface area contributed by atoms with Gasteiger partial charge in [-0.1, -0.05) is 0 Å². The molecule has 0 amide bonds. The van der Waals surface area contributed by atoms with Crippen molar-refractivity contribution in [3.8, 4) is 0 Å². The van der Waals surface area contributed by atoms with Crippen molar-refractivity contribution in [3.05, 3.63) is 17.1 Å². The summed E-state index contributed by atoms with van der Waals surface area (Å²) in [5.41, 5.74) is 2.49. The first-order chi connectivity index (χ1) is 8.83. The summed E-state index contributed by atoms with van der Waals surface area (Å²) in [6, 6.07) is 0. The maximum absolute atomic E-state index is 5.59. The number of hydrogen-bond donors (Lipinski definition) is 1. The van der Waals surface area contributed by atoms with Gasteiger partial charge in [0.15, 0.2) is 5.82 Å². The molecule has 98 valence electrons. The molecule has 5 heteroatoms. The van der Waals surface area contributed by atoms with E-state index in [4.69, 9.17) is 14.7 Å². The predicted octanol–water partition coefficient (Wildman–Crippen LogP) is 2.75. The molecule has 2 heterocycles. The Balaban J connectivity index is 1.96. The van der Waals surface area contributed by atoms with Crippen molar-refractivity contribution in [3.63, 3.8) is 0 Å². The van der Waals surface area contributed by atoms with Crippen LogP contribution in [0.1, 0.15) is 43.0 Å². The van der Waals surface area contributed by atoms with Gasteiger partial charge in [-0.3, -0.25) is 0 Å². The number of hydrogen-bond acceptors (Lipinski definition) is 5. The highest BCUT2D eigenvalue weighted by Crippen LogP contribution is 2.43. The van der Waals surface area contributed by atoms with Gasteiger partial charge in [0.05, 0.1) is 5.69 Å². The summed E-state index contributed by atoms with van der Waals surface area (Å²) in [6.07, 6.45) is 2.56. The molecule has 18 heavy (non-hydrogen) atoms. The summed E-state index contributed by atoms with van der Waals surface area (Å²) < 4.78 is 5.59. The molecule has 1 N–H and O–H groups in total. The van der Waals surface area contributed by atoms with Crippen LogP contribution in [-0.4, -0.2) is 23.6 Å². The van der Waals surface area contributed by atoms with E-state index in [2.05, 4.69) is 12.2 Å². The minimum Gasteiger partial charge on any atom is -0.373 e. The van der Waals surface area contributed by atoms with Gasteiger partial charge >= 0.3 is 0 Å². The molecule has 0 aromatic carbocycles. The lowest BCUT2D eigenvalue weighted by Crippen LogP contribution is -2.14. The van der Waals surface area contributed by atoms with Crippen LogP contribution in [0.5, 0.6) is 0 Å². The fourth-order valence-corrected chi connectivity index (χ4v) is 3.46. The van der Waals surface area contributed by atoms with E-state index in [0.717, 1.165) is 29.7 Å². The van der Waals surface area contributed by atoms with E-state index in [9.17, 15) is 0 Å². The molecule has 1 atom stereocenters. The Labute approximate surface area is 112 Å². The SMILES string of the molecule is CCNc1nc(C(OC)C2CC2)nc2c1CSC2. The fourth-order valence-electron chi connectivity index (χ4n) is 2.42. The second kappa shape index (κ2) is 5.05. The molecule has 1 aliphatic heterocycles. The second-order valence-electron chi connectivity index (χ2n) is 4.87. The van der Waals surface area contributed by atoms with Gasteiger partial charge in [0.2, 0.25) is 0 Å². The Morgan fingerprint density at radius 1 is 1.39 bits per heavy atom. The third-order valence-corrected chi connectivity index (χ3v) is 4.47. The first kappa shape index (κ1) is 12.2. The van der Waals surface area contributed by atoms with Crippen LogP contribution in [-0.2, 0) is 16.2 Å². The molecule has 1 aromatic rings. The van der Waals surface area contributed by atoms with Crippen LogP contribution in [0, 0.1) is 5.92 Å². The molecule has 2 aliphatic rings. The van der Waals surface area contributed by atoms with E-state index < -0.39 is 0 Å².